The predicted molar refractivity (Wildman–Crippen MR) is 69.9 cm³/mol. The van der Waals surface area contributed by atoms with Gasteiger partial charge < -0.3 is 4.90 Å². The third kappa shape index (κ3) is 2.63. The maximum absolute atomic E-state index is 12.1. The highest BCUT2D eigenvalue weighted by Crippen LogP contribution is 2.40. The first kappa shape index (κ1) is 12.4. The Morgan fingerprint density at radius 1 is 1.41 bits per heavy atom. The fourth-order valence-electron chi connectivity index (χ4n) is 2.08. The monoisotopic (exact) mass is 251 g/mol. The highest BCUT2D eigenvalue weighted by Gasteiger charge is 2.41. The lowest BCUT2D eigenvalue weighted by molar-refractivity contribution is -0.133. The summed E-state index contributed by atoms with van der Waals surface area (Å²) in [5, 5.41) is 0.728. The van der Waals surface area contributed by atoms with Gasteiger partial charge in [-0.3, -0.25) is 4.79 Å². The van der Waals surface area contributed by atoms with Crippen molar-refractivity contribution in [3.63, 3.8) is 0 Å². The Morgan fingerprint density at radius 3 is 2.41 bits per heavy atom. The molecule has 92 valence electrons. The molecule has 0 aromatic heterocycles. The Kier molecular flexibility index (Phi) is 3.43. The third-order valence-electron chi connectivity index (χ3n) is 3.71. The van der Waals surface area contributed by atoms with Gasteiger partial charge in [-0.1, -0.05) is 30.7 Å². The van der Waals surface area contributed by atoms with E-state index in [-0.39, 0.29) is 17.9 Å². The van der Waals surface area contributed by atoms with Crippen molar-refractivity contribution in [2.45, 2.75) is 26.3 Å². The van der Waals surface area contributed by atoms with Crippen molar-refractivity contribution in [1.82, 2.24) is 4.90 Å². The first-order valence-corrected chi connectivity index (χ1v) is 6.40. The summed E-state index contributed by atoms with van der Waals surface area (Å²) in [4.78, 5) is 13.9. The van der Waals surface area contributed by atoms with Gasteiger partial charge in [-0.15, -0.1) is 0 Å². The molecular formula is C14H18ClNO. The molecule has 0 radical (unpaired) electrons. The molecule has 1 amide bonds. The second kappa shape index (κ2) is 4.69. The molecule has 1 aliphatic carbocycles. The first-order valence-electron chi connectivity index (χ1n) is 6.03. The number of benzene rings is 1. The molecule has 0 aliphatic heterocycles. The average Bonchev–Trinajstić information content (AvgIpc) is 3.04. The van der Waals surface area contributed by atoms with Crippen LogP contribution in [0.2, 0.25) is 5.02 Å². The zero-order chi connectivity index (χ0) is 12.6. The molecule has 0 bridgehead atoms. The van der Waals surface area contributed by atoms with Gasteiger partial charge in [0.25, 0.3) is 0 Å². The van der Waals surface area contributed by atoms with Gasteiger partial charge in [0.15, 0.2) is 0 Å². The van der Waals surface area contributed by atoms with E-state index in [0.717, 1.165) is 17.0 Å². The lowest BCUT2D eigenvalue weighted by Crippen LogP contribution is -2.31. The van der Waals surface area contributed by atoms with Crippen molar-refractivity contribution in [2.75, 3.05) is 7.05 Å². The van der Waals surface area contributed by atoms with Gasteiger partial charge in [-0.05, 0) is 37.0 Å². The molecule has 1 aliphatic rings. The van der Waals surface area contributed by atoms with E-state index in [4.69, 9.17) is 11.6 Å². The summed E-state index contributed by atoms with van der Waals surface area (Å²) in [6.07, 6.45) is 1.04. The Balaban J connectivity index is 2.06. The Morgan fingerprint density at radius 2 is 1.94 bits per heavy atom. The van der Waals surface area contributed by atoms with Crippen LogP contribution < -0.4 is 0 Å². The van der Waals surface area contributed by atoms with Crippen LogP contribution in [0.5, 0.6) is 0 Å². The molecule has 1 fully saturated rings. The molecule has 2 rings (SSSR count). The van der Waals surface area contributed by atoms with Crippen LogP contribution in [-0.2, 0) is 4.79 Å². The van der Waals surface area contributed by atoms with Crippen LogP contribution in [0.1, 0.15) is 31.9 Å². The largest absolute Gasteiger partial charge is 0.339 e. The normalized spacial score (nSPS) is 24.2. The van der Waals surface area contributed by atoms with Crippen LogP contribution in [0.3, 0.4) is 0 Å². The predicted octanol–water partition coefficient (Wildman–Crippen LogP) is 3.52. The molecular weight excluding hydrogens is 234 g/mol. The van der Waals surface area contributed by atoms with E-state index in [1.165, 1.54) is 0 Å². The van der Waals surface area contributed by atoms with E-state index >= 15 is 0 Å². The summed E-state index contributed by atoms with van der Waals surface area (Å²) in [7, 11) is 1.88. The fraction of sp³-hybridized carbons (Fsp3) is 0.500. The minimum Gasteiger partial charge on any atom is -0.339 e. The van der Waals surface area contributed by atoms with Crippen LogP contribution in [0.25, 0.3) is 0 Å². The zero-order valence-corrected chi connectivity index (χ0v) is 11.2. The van der Waals surface area contributed by atoms with Crippen LogP contribution in [-0.4, -0.2) is 17.9 Å². The topological polar surface area (TPSA) is 20.3 Å². The number of hydrogen-bond donors (Lipinski definition) is 0. The molecule has 1 aromatic carbocycles. The number of halogens is 1. The maximum Gasteiger partial charge on any atom is 0.226 e. The van der Waals surface area contributed by atoms with Crippen LogP contribution in [0, 0.1) is 11.8 Å². The van der Waals surface area contributed by atoms with Gasteiger partial charge in [0.2, 0.25) is 5.91 Å². The molecule has 2 nitrogen and oxygen atoms in total. The summed E-state index contributed by atoms with van der Waals surface area (Å²) in [6, 6.07) is 7.80. The van der Waals surface area contributed by atoms with Crippen molar-refractivity contribution in [2.24, 2.45) is 11.8 Å². The van der Waals surface area contributed by atoms with Gasteiger partial charge in [0.05, 0.1) is 6.04 Å². The summed E-state index contributed by atoms with van der Waals surface area (Å²) in [5.74, 6) is 1.07. The second-order valence-electron chi connectivity index (χ2n) is 5.00. The van der Waals surface area contributed by atoms with Crippen LogP contribution in [0.15, 0.2) is 24.3 Å². The van der Waals surface area contributed by atoms with Crippen molar-refractivity contribution >= 4 is 17.5 Å². The average molecular weight is 252 g/mol. The van der Waals surface area contributed by atoms with Crippen molar-refractivity contribution in [1.29, 1.82) is 0 Å². The SMILES string of the molecule is CC1CC1C(=O)N(C)C(C)c1ccc(Cl)cc1. The van der Waals surface area contributed by atoms with Gasteiger partial charge in [0, 0.05) is 18.0 Å². The van der Waals surface area contributed by atoms with Crippen molar-refractivity contribution in [3.8, 4) is 0 Å². The fourth-order valence-corrected chi connectivity index (χ4v) is 2.21. The van der Waals surface area contributed by atoms with Crippen molar-refractivity contribution in [3.05, 3.63) is 34.9 Å². The van der Waals surface area contributed by atoms with Gasteiger partial charge in [0.1, 0.15) is 0 Å². The van der Waals surface area contributed by atoms with Crippen LogP contribution >= 0.6 is 11.6 Å². The molecule has 17 heavy (non-hydrogen) atoms. The zero-order valence-electron chi connectivity index (χ0n) is 10.5. The maximum atomic E-state index is 12.1. The summed E-state index contributed by atoms with van der Waals surface area (Å²) >= 11 is 5.86. The molecule has 1 saturated carbocycles. The van der Waals surface area contributed by atoms with E-state index in [9.17, 15) is 4.79 Å². The summed E-state index contributed by atoms with van der Waals surface area (Å²) in [5.41, 5.74) is 1.12. The minimum atomic E-state index is 0.104. The smallest absolute Gasteiger partial charge is 0.226 e. The second-order valence-corrected chi connectivity index (χ2v) is 5.43. The molecule has 0 heterocycles. The highest BCUT2D eigenvalue weighted by atomic mass is 35.5. The number of carbonyl (C=O) groups is 1. The third-order valence-corrected chi connectivity index (χ3v) is 3.96. The molecule has 0 N–H and O–H groups in total. The summed E-state index contributed by atoms with van der Waals surface area (Å²) < 4.78 is 0. The molecule has 3 unspecified atom stereocenters. The first-order chi connectivity index (χ1) is 8.00. The number of amides is 1. The lowest BCUT2D eigenvalue weighted by atomic mass is 10.1. The van der Waals surface area contributed by atoms with Crippen LogP contribution in [0.4, 0.5) is 0 Å². The summed E-state index contributed by atoms with van der Waals surface area (Å²) in [6.45, 7) is 4.18. The number of nitrogens with zero attached hydrogens (tertiary/aromatic N) is 1. The molecule has 0 saturated heterocycles. The van der Waals surface area contributed by atoms with E-state index in [1.54, 1.807) is 0 Å². The van der Waals surface area contributed by atoms with E-state index in [2.05, 4.69) is 6.92 Å². The number of carbonyl (C=O) groups excluding carboxylic acids is 1. The highest BCUT2D eigenvalue weighted by molar-refractivity contribution is 6.30. The molecule has 3 atom stereocenters. The van der Waals surface area contributed by atoms with Gasteiger partial charge in [-0.2, -0.15) is 0 Å². The standard InChI is InChI=1S/C14H18ClNO/c1-9-8-13(9)14(17)16(3)10(2)11-4-6-12(15)7-5-11/h4-7,9-10,13H,8H2,1-3H3. The minimum absolute atomic E-state index is 0.104. The number of rotatable bonds is 3. The van der Waals surface area contributed by atoms with E-state index in [1.807, 2.05) is 43.1 Å². The Labute approximate surface area is 108 Å². The number of hydrogen-bond acceptors (Lipinski definition) is 1. The lowest BCUT2D eigenvalue weighted by Gasteiger charge is -2.25. The van der Waals surface area contributed by atoms with Gasteiger partial charge in [-0.25, -0.2) is 0 Å². The molecule has 0 spiro atoms. The Hall–Kier alpha value is -1.02. The molecule has 1 aromatic rings. The van der Waals surface area contributed by atoms with E-state index < -0.39 is 0 Å². The van der Waals surface area contributed by atoms with Gasteiger partial charge >= 0.3 is 0 Å². The molecule has 3 heteroatoms. The quantitative estimate of drug-likeness (QED) is 0.805. The van der Waals surface area contributed by atoms with Crippen molar-refractivity contribution < 1.29 is 4.79 Å². The van der Waals surface area contributed by atoms with E-state index in [0.29, 0.717) is 5.92 Å². The Bertz CT molecular complexity index is 415.